The van der Waals surface area contributed by atoms with Crippen LogP contribution in [-0.4, -0.2) is 16.9 Å². The van der Waals surface area contributed by atoms with Crippen LogP contribution < -0.4 is 21.3 Å². The number of hydrogen-bond donors (Lipinski definition) is 5. The van der Waals surface area contributed by atoms with Crippen molar-refractivity contribution in [2.75, 3.05) is 21.3 Å². The molecule has 0 atom stereocenters. The van der Waals surface area contributed by atoms with Gasteiger partial charge < -0.3 is 26.3 Å². The minimum absolute atomic E-state index is 0.0274. The van der Waals surface area contributed by atoms with Crippen LogP contribution in [0.15, 0.2) is 79.0 Å². The van der Waals surface area contributed by atoms with E-state index in [0.717, 1.165) is 17.3 Å². The molecule has 1 aliphatic heterocycles. The minimum atomic E-state index is -4.52. The third-order valence-corrected chi connectivity index (χ3v) is 5.93. The summed E-state index contributed by atoms with van der Waals surface area (Å²) < 4.78 is 39.5. The SMILES string of the molecule is Cc1ccc(NC(=O)Nc2cccc(Nc3ccc4c(c3)NC(=O)/C4=C\c3ccc[nH]3)c2)cc1C(F)(F)F. The van der Waals surface area contributed by atoms with Gasteiger partial charge in [-0.15, -0.1) is 0 Å². The number of carbonyl (C=O) groups is 2. The van der Waals surface area contributed by atoms with Crippen molar-refractivity contribution in [2.45, 2.75) is 13.1 Å². The Morgan fingerprint density at radius 3 is 2.32 bits per heavy atom. The topological polar surface area (TPSA) is 98.0 Å². The minimum Gasteiger partial charge on any atom is -0.362 e. The third-order valence-electron chi connectivity index (χ3n) is 5.93. The summed E-state index contributed by atoms with van der Waals surface area (Å²) in [5, 5.41) is 11.2. The highest BCUT2D eigenvalue weighted by molar-refractivity contribution is 6.35. The number of nitrogens with one attached hydrogen (secondary N) is 5. The van der Waals surface area contributed by atoms with E-state index in [0.29, 0.717) is 28.3 Å². The molecule has 192 valence electrons. The lowest BCUT2D eigenvalue weighted by molar-refractivity contribution is -0.138. The molecule has 0 spiro atoms. The fraction of sp³-hybridized carbons (Fsp3) is 0.0714. The zero-order valence-electron chi connectivity index (χ0n) is 20.0. The van der Waals surface area contributed by atoms with Gasteiger partial charge in [-0.25, -0.2) is 4.79 Å². The number of aromatic nitrogens is 1. The van der Waals surface area contributed by atoms with E-state index in [-0.39, 0.29) is 17.2 Å². The highest BCUT2D eigenvalue weighted by Gasteiger charge is 2.32. The third kappa shape index (κ3) is 5.39. The van der Waals surface area contributed by atoms with Crippen molar-refractivity contribution < 1.29 is 22.8 Å². The Bertz CT molecular complexity index is 1560. The van der Waals surface area contributed by atoms with Crippen molar-refractivity contribution in [2.24, 2.45) is 0 Å². The lowest BCUT2D eigenvalue weighted by Crippen LogP contribution is -2.20. The van der Waals surface area contributed by atoms with Gasteiger partial charge in [0.15, 0.2) is 0 Å². The molecular formula is C28H22F3N5O2. The molecule has 4 aromatic rings. The molecule has 0 saturated heterocycles. The van der Waals surface area contributed by atoms with Crippen LogP contribution in [0.5, 0.6) is 0 Å². The number of amides is 3. The van der Waals surface area contributed by atoms with E-state index in [9.17, 15) is 22.8 Å². The normalized spacial score (nSPS) is 13.7. The van der Waals surface area contributed by atoms with Crippen LogP contribution in [0.4, 0.5) is 46.4 Å². The predicted octanol–water partition coefficient (Wildman–Crippen LogP) is 7.22. The highest BCUT2D eigenvalue weighted by atomic mass is 19.4. The number of aromatic amines is 1. The van der Waals surface area contributed by atoms with Gasteiger partial charge in [-0.05, 0) is 73.2 Å². The highest BCUT2D eigenvalue weighted by Crippen LogP contribution is 2.36. The number of fused-ring (bicyclic) bond motifs is 1. The molecule has 38 heavy (non-hydrogen) atoms. The van der Waals surface area contributed by atoms with Crippen molar-refractivity contribution in [3.8, 4) is 0 Å². The van der Waals surface area contributed by atoms with Crippen LogP contribution in [0.3, 0.4) is 0 Å². The molecule has 0 bridgehead atoms. The van der Waals surface area contributed by atoms with Gasteiger partial charge in [0.2, 0.25) is 0 Å². The number of halogens is 3. The average Bonchev–Trinajstić information content (AvgIpc) is 3.47. The summed E-state index contributed by atoms with van der Waals surface area (Å²) in [4.78, 5) is 28.0. The van der Waals surface area contributed by atoms with Crippen molar-refractivity contribution in [3.05, 3.63) is 101 Å². The molecule has 5 rings (SSSR count). The number of alkyl halides is 3. The standard InChI is InChI=1S/C28H22F3N5O2/c1-16-7-8-20(14-24(16)28(29,30)31)35-27(38)34-19-5-2-4-18(12-19)33-21-9-10-22-23(13-17-6-3-11-32-17)26(37)36-25(22)15-21/h2-15,32-33H,1H3,(H,36,37)(H2,34,35,38)/b23-13-. The summed E-state index contributed by atoms with van der Waals surface area (Å²) in [6.07, 6.45) is -0.945. The Labute approximate surface area is 215 Å². The molecule has 0 unspecified atom stereocenters. The van der Waals surface area contributed by atoms with E-state index >= 15 is 0 Å². The number of carbonyl (C=O) groups excluding carboxylic acids is 2. The first-order chi connectivity index (χ1) is 18.2. The summed E-state index contributed by atoms with van der Waals surface area (Å²) in [5.41, 5.74) is 3.93. The van der Waals surface area contributed by atoms with Crippen LogP contribution in [-0.2, 0) is 11.0 Å². The average molecular weight is 518 g/mol. The Kier molecular flexibility index (Phi) is 6.38. The second-order valence-electron chi connectivity index (χ2n) is 8.71. The lowest BCUT2D eigenvalue weighted by atomic mass is 10.1. The number of aryl methyl sites for hydroxylation is 1. The van der Waals surface area contributed by atoms with Gasteiger partial charge in [-0.2, -0.15) is 13.2 Å². The van der Waals surface area contributed by atoms with Crippen LogP contribution in [0.25, 0.3) is 11.6 Å². The van der Waals surface area contributed by atoms with Gasteiger partial charge in [-0.3, -0.25) is 4.79 Å². The first-order valence-electron chi connectivity index (χ1n) is 11.6. The number of H-pyrrole nitrogens is 1. The van der Waals surface area contributed by atoms with Gasteiger partial charge >= 0.3 is 12.2 Å². The van der Waals surface area contributed by atoms with Crippen molar-refractivity contribution >= 4 is 52.0 Å². The molecule has 3 aromatic carbocycles. The first-order valence-corrected chi connectivity index (χ1v) is 11.6. The summed E-state index contributed by atoms with van der Waals surface area (Å²) in [6, 6.07) is 19.0. The summed E-state index contributed by atoms with van der Waals surface area (Å²) in [5.74, 6) is -0.195. The molecule has 0 radical (unpaired) electrons. The molecule has 3 amide bonds. The van der Waals surface area contributed by atoms with E-state index in [1.807, 2.05) is 30.3 Å². The van der Waals surface area contributed by atoms with Crippen molar-refractivity contribution in [1.29, 1.82) is 0 Å². The fourth-order valence-electron chi connectivity index (χ4n) is 4.15. The van der Waals surface area contributed by atoms with Crippen LogP contribution in [0.1, 0.15) is 22.4 Å². The zero-order chi connectivity index (χ0) is 26.9. The maximum Gasteiger partial charge on any atom is 0.416 e. The van der Waals surface area contributed by atoms with Gasteiger partial charge in [0.1, 0.15) is 0 Å². The summed E-state index contributed by atoms with van der Waals surface area (Å²) in [6.45, 7) is 1.36. The largest absolute Gasteiger partial charge is 0.416 e. The van der Waals surface area contributed by atoms with E-state index in [1.165, 1.54) is 19.1 Å². The first kappa shape index (κ1) is 24.7. The second-order valence-corrected chi connectivity index (χ2v) is 8.71. The second kappa shape index (κ2) is 9.81. The number of anilines is 5. The molecular weight excluding hydrogens is 495 g/mol. The van der Waals surface area contributed by atoms with Gasteiger partial charge in [0.05, 0.1) is 16.8 Å². The van der Waals surface area contributed by atoms with Gasteiger partial charge in [-0.1, -0.05) is 18.2 Å². The molecule has 0 aliphatic carbocycles. The number of rotatable bonds is 5. The molecule has 0 fully saturated rings. The van der Waals surface area contributed by atoms with E-state index in [1.54, 1.807) is 36.5 Å². The van der Waals surface area contributed by atoms with Crippen molar-refractivity contribution in [1.82, 2.24) is 4.98 Å². The molecule has 2 heterocycles. The summed E-state index contributed by atoms with van der Waals surface area (Å²) >= 11 is 0. The van der Waals surface area contributed by atoms with Crippen LogP contribution >= 0.6 is 0 Å². The lowest BCUT2D eigenvalue weighted by Gasteiger charge is -2.14. The van der Waals surface area contributed by atoms with E-state index < -0.39 is 17.8 Å². The molecule has 0 saturated carbocycles. The Balaban J connectivity index is 1.27. The summed E-state index contributed by atoms with van der Waals surface area (Å²) in [7, 11) is 0. The Morgan fingerprint density at radius 2 is 1.58 bits per heavy atom. The number of hydrogen-bond acceptors (Lipinski definition) is 3. The smallest absolute Gasteiger partial charge is 0.362 e. The van der Waals surface area contributed by atoms with Crippen molar-refractivity contribution in [3.63, 3.8) is 0 Å². The molecule has 10 heteroatoms. The molecule has 7 nitrogen and oxygen atoms in total. The zero-order valence-corrected chi connectivity index (χ0v) is 20.0. The van der Waals surface area contributed by atoms with Crippen LogP contribution in [0.2, 0.25) is 0 Å². The molecule has 5 N–H and O–H groups in total. The maximum absolute atomic E-state index is 13.2. The number of benzene rings is 3. The molecule has 1 aliphatic rings. The van der Waals surface area contributed by atoms with Gasteiger partial charge in [0.25, 0.3) is 5.91 Å². The fourth-order valence-corrected chi connectivity index (χ4v) is 4.15. The van der Waals surface area contributed by atoms with E-state index in [4.69, 9.17) is 0 Å². The van der Waals surface area contributed by atoms with Gasteiger partial charge in [0, 0.05) is 40.2 Å². The predicted molar refractivity (Wildman–Crippen MR) is 142 cm³/mol. The van der Waals surface area contributed by atoms with Crippen LogP contribution in [0, 0.1) is 6.92 Å². The maximum atomic E-state index is 13.2. The van der Waals surface area contributed by atoms with E-state index in [2.05, 4.69) is 26.3 Å². The monoisotopic (exact) mass is 517 g/mol. The molecule has 1 aromatic heterocycles. The Morgan fingerprint density at radius 1 is 0.868 bits per heavy atom. The quantitative estimate of drug-likeness (QED) is 0.181. The Hall–Kier alpha value is -4.99. The number of urea groups is 1.